The highest BCUT2D eigenvalue weighted by Crippen LogP contribution is 2.32. The number of carbonyl (C=O) groups is 1. The number of esters is 1. The molecule has 0 aromatic heterocycles. The van der Waals surface area contributed by atoms with E-state index in [1.54, 1.807) is 6.07 Å². The first-order valence-corrected chi connectivity index (χ1v) is 9.74. The lowest BCUT2D eigenvalue weighted by Crippen LogP contribution is -2.17. The van der Waals surface area contributed by atoms with Gasteiger partial charge in [-0.05, 0) is 36.4 Å². The molecule has 0 fully saturated rings. The van der Waals surface area contributed by atoms with E-state index < -0.39 is 16.0 Å². The third-order valence-corrected chi connectivity index (χ3v) is 5.04. The molecule has 3 rings (SSSR count). The minimum absolute atomic E-state index is 0.0378. The molecular formula is C18H16ClNO6S. The Bertz CT molecular complexity index is 972. The van der Waals surface area contributed by atoms with Gasteiger partial charge < -0.3 is 14.2 Å². The number of sulfonamides is 1. The van der Waals surface area contributed by atoms with Gasteiger partial charge in [0.05, 0.1) is 10.5 Å². The van der Waals surface area contributed by atoms with Gasteiger partial charge in [-0.3, -0.25) is 4.72 Å². The molecule has 0 aliphatic carbocycles. The SMILES string of the molecule is C=C(Cl)COC(=O)c1ccc(NS(=O)(=O)c2ccc3c(c2)OCCO3)cc1. The Morgan fingerprint density at radius 1 is 1.11 bits per heavy atom. The van der Waals surface area contributed by atoms with Crippen molar-refractivity contribution in [3.05, 3.63) is 59.6 Å². The molecule has 0 saturated heterocycles. The Labute approximate surface area is 161 Å². The van der Waals surface area contributed by atoms with Crippen LogP contribution in [0.2, 0.25) is 0 Å². The second-order valence-electron chi connectivity index (χ2n) is 5.58. The summed E-state index contributed by atoms with van der Waals surface area (Å²) in [5.74, 6) is 0.295. The zero-order valence-corrected chi connectivity index (χ0v) is 15.7. The fourth-order valence-electron chi connectivity index (χ4n) is 2.31. The molecule has 0 radical (unpaired) electrons. The number of fused-ring (bicyclic) bond motifs is 1. The Morgan fingerprint density at radius 2 is 1.78 bits per heavy atom. The number of rotatable bonds is 6. The van der Waals surface area contributed by atoms with Crippen LogP contribution in [0, 0.1) is 0 Å². The van der Waals surface area contributed by atoms with Crippen molar-refractivity contribution in [3.8, 4) is 11.5 Å². The van der Waals surface area contributed by atoms with E-state index >= 15 is 0 Å². The largest absolute Gasteiger partial charge is 0.486 e. The van der Waals surface area contributed by atoms with Crippen molar-refractivity contribution in [3.63, 3.8) is 0 Å². The molecule has 0 saturated carbocycles. The minimum Gasteiger partial charge on any atom is -0.486 e. The normalized spacial score (nSPS) is 12.9. The molecule has 7 nitrogen and oxygen atoms in total. The number of carbonyl (C=O) groups excluding carboxylic acids is 1. The summed E-state index contributed by atoms with van der Waals surface area (Å²) in [5, 5.41) is 0.201. The predicted molar refractivity (Wildman–Crippen MR) is 100.0 cm³/mol. The van der Waals surface area contributed by atoms with Crippen LogP contribution >= 0.6 is 11.6 Å². The van der Waals surface area contributed by atoms with Gasteiger partial charge in [-0.2, -0.15) is 0 Å². The van der Waals surface area contributed by atoms with Crippen LogP contribution in [0.3, 0.4) is 0 Å². The summed E-state index contributed by atoms with van der Waals surface area (Å²) >= 11 is 5.54. The van der Waals surface area contributed by atoms with Gasteiger partial charge in [0.1, 0.15) is 19.8 Å². The van der Waals surface area contributed by atoms with Crippen molar-refractivity contribution in [2.24, 2.45) is 0 Å². The molecule has 9 heteroatoms. The van der Waals surface area contributed by atoms with Gasteiger partial charge in [0, 0.05) is 16.8 Å². The second kappa shape index (κ2) is 7.89. The average molecular weight is 410 g/mol. The quantitative estimate of drug-likeness (QED) is 0.737. The van der Waals surface area contributed by atoms with Crippen molar-refractivity contribution in [1.29, 1.82) is 0 Å². The van der Waals surface area contributed by atoms with E-state index in [1.165, 1.54) is 36.4 Å². The summed E-state index contributed by atoms with van der Waals surface area (Å²) in [4.78, 5) is 11.9. The Hall–Kier alpha value is -2.71. The maximum atomic E-state index is 12.6. The molecule has 2 aromatic carbocycles. The fourth-order valence-corrected chi connectivity index (χ4v) is 3.43. The van der Waals surface area contributed by atoms with Crippen molar-refractivity contribution < 1.29 is 27.4 Å². The van der Waals surface area contributed by atoms with Gasteiger partial charge in [-0.25, -0.2) is 13.2 Å². The minimum atomic E-state index is -3.83. The Morgan fingerprint density at radius 3 is 2.44 bits per heavy atom. The first kappa shape index (κ1) is 19.1. The number of halogens is 1. The van der Waals surface area contributed by atoms with Crippen LogP contribution in [0.4, 0.5) is 5.69 Å². The first-order valence-electron chi connectivity index (χ1n) is 7.88. The van der Waals surface area contributed by atoms with E-state index in [2.05, 4.69) is 11.3 Å². The molecule has 0 atom stereocenters. The maximum absolute atomic E-state index is 12.6. The number of benzene rings is 2. The lowest BCUT2D eigenvalue weighted by atomic mass is 10.2. The van der Waals surface area contributed by atoms with Gasteiger partial charge in [0.25, 0.3) is 10.0 Å². The molecule has 142 valence electrons. The van der Waals surface area contributed by atoms with Gasteiger partial charge in [-0.1, -0.05) is 18.2 Å². The third-order valence-electron chi connectivity index (χ3n) is 3.56. The zero-order valence-electron chi connectivity index (χ0n) is 14.1. The predicted octanol–water partition coefficient (Wildman–Crippen LogP) is 3.17. The number of hydrogen-bond donors (Lipinski definition) is 1. The summed E-state index contributed by atoms with van der Waals surface area (Å²) < 4.78 is 43.3. The summed E-state index contributed by atoms with van der Waals surface area (Å²) in [7, 11) is -3.83. The molecule has 1 aliphatic rings. The molecule has 2 aromatic rings. The molecular weight excluding hydrogens is 394 g/mol. The number of ether oxygens (including phenoxy) is 3. The number of nitrogens with one attached hydrogen (secondary N) is 1. The molecule has 1 aliphatic heterocycles. The van der Waals surface area contributed by atoms with Crippen LogP contribution in [-0.2, 0) is 14.8 Å². The van der Waals surface area contributed by atoms with Crippen LogP contribution in [0.5, 0.6) is 11.5 Å². The summed E-state index contributed by atoms with van der Waals surface area (Å²) in [6.45, 7) is 4.11. The number of anilines is 1. The zero-order chi connectivity index (χ0) is 19.4. The van der Waals surface area contributed by atoms with Gasteiger partial charge in [0.2, 0.25) is 0 Å². The van der Waals surface area contributed by atoms with Crippen LogP contribution in [0.15, 0.2) is 59.0 Å². The Balaban J connectivity index is 1.72. The van der Waals surface area contributed by atoms with E-state index in [4.69, 9.17) is 25.8 Å². The lowest BCUT2D eigenvalue weighted by Gasteiger charge is -2.19. The molecule has 1 N–H and O–H groups in total. The van der Waals surface area contributed by atoms with Crippen LogP contribution < -0.4 is 14.2 Å². The van der Waals surface area contributed by atoms with Crippen LogP contribution in [0.1, 0.15) is 10.4 Å². The Kier molecular flexibility index (Phi) is 5.57. The summed E-state index contributed by atoms with van der Waals surface area (Å²) in [6.07, 6.45) is 0. The maximum Gasteiger partial charge on any atom is 0.338 e. The van der Waals surface area contributed by atoms with E-state index in [9.17, 15) is 13.2 Å². The average Bonchev–Trinajstić information content (AvgIpc) is 2.66. The van der Waals surface area contributed by atoms with E-state index in [-0.39, 0.29) is 22.1 Å². The highest BCUT2D eigenvalue weighted by molar-refractivity contribution is 7.92. The van der Waals surface area contributed by atoms with E-state index in [0.717, 1.165) is 0 Å². The van der Waals surface area contributed by atoms with Crippen molar-refractivity contribution in [2.45, 2.75) is 4.90 Å². The fraction of sp³-hybridized carbons (Fsp3) is 0.167. The highest BCUT2D eigenvalue weighted by Gasteiger charge is 2.19. The topological polar surface area (TPSA) is 90.9 Å². The standard InChI is InChI=1S/C18H16ClNO6S/c1-12(19)11-26-18(21)13-2-4-14(5-3-13)20-27(22,23)15-6-7-16-17(10-15)25-9-8-24-16/h2-7,10,20H,1,8-9,11H2. The number of hydrogen-bond acceptors (Lipinski definition) is 6. The smallest absolute Gasteiger partial charge is 0.338 e. The van der Waals surface area contributed by atoms with Gasteiger partial charge in [0.15, 0.2) is 11.5 Å². The third kappa shape index (κ3) is 4.72. The molecule has 0 amide bonds. The molecule has 1 heterocycles. The van der Waals surface area contributed by atoms with Crippen molar-refractivity contribution in [1.82, 2.24) is 0 Å². The highest BCUT2D eigenvalue weighted by atomic mass is 35.5. The van der Waals surface area contributed by atoms with Crippen molar-refractivity contribution in [2.75, 3.05) is 24.5 Å². The van der Waals surface area contributed by atoms with Crippen molar-refractivity contribution >= 4 is 33.3 Å². The van der Waals surface area contributed by atoms with Crippen LogP contribution in [0.25, 0.3) is 0 Å². The summed E-state index contributed by atoms with van der Waals surface area (Å²) in [6, 6.07) is 10.2. The van der Waals surface area contributed by atoms with Gasteiger partial charge in [-0.15, -0.1) is 0 Å². The van der Waals surface area contributed by atoms with E-state index in [0.29, 0.717) is 30.4 Å². The molecule has 0 spiro atoms. The molecule has 27 heavy (non-hydrogen) atoms. The molecule has 0 bridgehead atoms. The summed E-state index contributed by atoms with van der Waals surface area (Å²) in [5.41, 5.74) is 0.554. The molecule has 0 unspecified atom stereocenters. The second-order valence-corrected chi connectivity index (χ2v) is 7.80. The monoisotopic (exact) mass is 409 g/mol. The van der Waals surface area contributed by atoms with E-state index in [1.807, 2.05) is 0 Å². The van der Waals surface area contributed by atoms with Gasteiger partial charge >= 0.3 is 5.97 Å². The first-order chi connectivity index (χ1) is 12.8. The van der Waals surface area contributed by atoms with Crippen LogP contribution in [-0.4, -0.2) is 34.2 Å². The lowest BCUT2D eigenvalue weighted by molar-refractivity contribution is 0.0546.